The molecule has 2 aromatic rings. The van der Waals surface area contributed by atoms with Crippen LogP contribution in [-0.4, -0.2) is 18.4 Å². The molecule has 0 heterocycles. The van der Waals surface area contributed by atoms with Gasteiger partial charge in [-0.1, -0.05) is 47.5 Å². The minimum atomic E-state index is -1.61. The van der Waals surface area contributed by atoms with Crippen LogP contribution in [0.3, 0.4) is 0 Å². The van der Waals surface area contributed by atoms with E-state index in [0.717, 1.165) is 23.0 Å². The van der Waals surface area contributed by atoms with Gasteiger partial charge < -0.3 is 10.5 Å². The molecule has 0 fully saturated rings. The molecule has 0 aliphatic heterocycles. The Bertz CT molecular complexity index is 822. The third kappa shape index (κ3) is 5.23. The molecule has 0 aliphatic rings. The third-order valence-corrected chi connectivity index (χ3v) is 4.97. The van der Waals surface area contributed by atoms with Crippen LogP contribution < -0.4 is 5.73 Å². The van der Waals surface area contributed by atoms with Crippen LogP contribution in [0.1, 0.15) is 48.5 Å². The van der Waals surface area contributed by atoms with Gasteiger partial charge in [0.2, 0.25) is 0 Å². The number of ketones is 1. The van der Waals surface area contributed by atoms with Gasteiger partial charge in [-0.05, 0) is 42.7 Å². The van der Waals surface area contributed by atoms with Crippen molar-refractivity contribution in [2.75, 3.05) is 6.61 Å². The lowest BCUT2D eigenvalue weighted by Crippen LogP contribution is -2.46. The summed E-state index contributed by atoms with van der Waals surface area (Å²) in [6.45, 7) is 2.17. The predicted octanol–water partition coefficient (Wildman–Crippen LogP) is 4.89. The molecule has 150 valence electrons. The number of ether oxygens (including phenoxy) is 1. The summed E-state index contributed by atoms with van der Waals surface area (Å²) in [4.78, 5) is 25.1. The molecule has 0 bridgehead atoms. The molecule has 0 spiro atoms. The number of rotatable bonds is 9. The molecule has 1 atom stereocenters. The van der Waals surface area contributed by atoms with E-state index in [1.54, 1.807) is 24.3 Å². The summed E-state index contributed by atoms with van der Waals surface area (Å²) < 4.78 is 33.8. The van der Waals surface area contributed by atoms with Crippen molar-refractivity contribution in [2.45, 2.75) is 38.1 Å². The predicted molar refractivity (Wildman–Crippen MR) is 106 cm³/mol. The maximum Gasteiger partial charge on any atom is 0.330 e. The first-order valence-electron chi connectivity index (χ1n) is 8.99. The highest BCUT2D eigenvalue weighted by Gasteiger charge is 2.38. The second kappa shape index (κ2) is 9.89. The van der Waals surface area contributed by atoms with Gasteiger partial charge in [-0.3, -0.25) is 4.79 Å². The van der Waals surface area contributed by atoms with Crippen molar-refractivity contribution in [3.8, 4) is 0 Å². The van der Waals surface area contributed by atoms with Crippen molar-refractivity contribution in [3.05, 3.63) is 69.7 Å². The first-order chi connectivity index (χ1) is 13.3. The van der Waals surface area contributed by atoms with Gasteiger partial charge in [0, 0.05) is 10.9 Å². The zero-order valence-electron chi connectivity index (χ0n) is 15.5. The maximum absolute atomic E-state index is 13.9. The van der Waals surface area contributed by atoms with E-state index in [2.05, 4.69) is 15.9 Å². The van der Waals surface area contributed by atoms with Crippen molar-refractivity contribution >= 4 is 27.7 Å². The van der Waals surface area contributed by atoms with E-state index in [1.165, 1.54) is 6.07 Å². The summed E-state index contributed by atoms with van der Waals surface area (Å²) in [6, 6.07) is 9.95. The molecule has 0 saturated heterocycles. The summed E-state index contributed by atoms with van der Waals surface area (Å²) >= 11 is 3.31. The fourth-order valence-electron chi connectivity index (χ4n) is 2.75. The SMILES string of the molecule is CCCCOC(=O)C(N)(CCC(=O)c1c(F)cccc1F)c1ccc(Br)cc1. The van der Waals surface area contributed by atoms with Gasteiger partial charge in [0.25, 0.3) is 0 Å². The average Bonchev–Trinajstić information content (AvgIpc) is 2.66. The molecule has 0 radical (unpaired) electrons. The zero-order chi connectivity index (χ0) is 20.7. The Morgan fingerprint density at radius 2 is 1.71 bits per heavy atom. The van der Waals surface area contributed by atoms with E-state index in [4.69, 9.17) is 10.5 Å². The van der Waals surface area contributed by atoms with Crippen LogP contribution in [0.2, 0.25) is 0 Å². The van der Waals surface area contributed by atoms with Crippen LogP contribution in [0.15, 0.2) is 46.9 Å². The Morgan fingerprint density at radius 3 is 2.29 bits per heavy atom. The second-order valence-electron chi connectivity index (χ2n) is 6.49. The number of carbonyl (C=O) groups is 2. The van der Waals surface area contributed by atoms with E-state index in [1.807, 2.05) is 6.92 Å². The average molecular weight is 454 g/mol. The highest BCUT2D eigenvalue weighted by Crippen LogP contribution is 2.28. The van der Waals surface area contributed by atoms with Crippen molar-refractivity contribution in [1.29, 1.82) is 0 Å². The largest absolute Gasteiger partial charge is 0.464 e. The zero-order valence-corrected chi connectivity index (χ0v) is 17.1. The van der Waals surface area contributed by atoms with Gasteiger partial charge >= 0.3 is 5.97 Å². The van der Waals surface area contributed by atoms with Crippen molar-refractivity contribution < 1.29 is 23.1 Å². The minimum Gasteiger partial charge on any atom is -0.464 e. The molecule has 4 nitrogen and oxygen atoms in total. The summed E-state index contributed by atoms with van der Waals surface area (Å²) in [5.41, 5.74) is 4.60. The second-order valence-corrected chi connectivity index (χ2v) is 7.40. The van der Waals surface area contributed by atoms with Crippen LogP contribution in [0.5, 0.6) is 0 Å². The lowest BCUT2D eigenvalue weighted by molar-refractivity contribution is -0.151. The molecule has 0 aromatic heterocycles. The third-order valence-electron chi connectivity index (χ3n) is 4.44. The molecule has 2 rings (SSSR count). The van der Waals surface area contributed by atoms with Gasteiger partial charge in [0.1, 0.15) is 17.2 Å². The van der Waals surface area contributed by atoms with Crippen LogP contribution in [-0.2, 0) is 15.1 Å². The number of hydrogen-bond donors (Lipinski definition) is 1. The van der Waals surface area contributed by atoms with Gasteiger partial charge in [-0.2, -0.15) is 0 Å². The summed E-state index contributed by atoms with van der Waals surface area (Å²) in [6.07, 6.45) is 1.06. The smallest absolute Gasteiger partial charge is 0.330 e. The fraction of sp³-hybridized carbons (Fsp3) is 0.333. The van der Waals surface area contributed by atoms with Crippen LogP contribution in [0.25, 0.3) is 0 Å². The van der Waals surface area contributed by atoms with Crippen LogP contribution >= 0.6 is 15.9 Å². The number of nitrogens with two attached hydrogens (primary N) is 1. The summed E-state index contributed by atoms with van der Waals surface area (Å²) in [5, 5.41) is 0. The Morgan fingerprint density at radius 1 is 1.11 bits per heavy atom. The molecule has 0 amide bonds. The molecule has 7 heteroatoms. The Balaban J connectivity index is 2.25. The highest BCUT2D eigenvalue weighted by molar-refractivity contribution is 9.10. The topological polar surface area (TPSA) is 69.4 Å². The molecular formula is C21H22BrF2NO3. The standard InChI is InChI=1S/C21H22BrF2NO3/c1-2-3-13-28-20(27)21(25,14-7-9-15(22)10-8-14)12-11-18(26)19-16(23)5-4-6-17(19)24/h4-10H,2-3,11-13,25H2,1H3. The highest BCUT2D eigenvalue weighted by atomic mass is 79.9. The van der Waals surface area contributed by atoms with Gasteiger partial charge in [-0.15, -0.1) is 0 Å². The monoisotopic (exact) mass is 453 g/mol. The van der Waals surface area contributed by atoms with E-state index >= 15 is 0 Å². The number of unbranched alkanes of at least 4 members (excludes halogenated alkanes) is 1. The molecule has 28 heavy (non-hydrogen) atoms. The minimum absolute atomic E-state index is 0.147. The number of benzene rings is 2. The van der Waals surface area contributed by atoms with E-state index in [0.29, 0.717) is 12.0 Å². The number of esters is 1. The molecule has 0 saturated carbocycles. The summed E-state index contributed by atoms with van der Waals surface area (Å²) in [5.74, 6) is -3.32. The van der Waals surface area contributed by atoms with Crippen molar-refractivity contribution in [2.24, 2.45) is 5.73 Å². The quantitative estimate of drug-likeness (QED) is 0.333. The van der Waals surface area contributed by atoms with E-state index < -0.39 is 34.5 Å². The first kappa shape index (κ1) is 22.2. The number of halogens is 3. The fourth-order valence-corrected chi connectivity index (χ4v) is 3.01. The molecular weight excluding hydrogens is 432 g/mol. The molecule has 0 aliphatic carbocycles. The van der Waals surface area contributed by atoms with E-state index in [9.17, 15) is 18.4 Å². The Labute approximate surface area is 171 Å². The lowest BCUT2D eigenvalue weighted by atomic mass is 9.85. The molecule has 2 aromatic carbocycles. The Hall–Kier alpha value is -2.12. The summed E-state index contributed by atoms with van der Waals surface area (Å²) in [7, 11) is 0. The maximum atomic E-state index is 13.9. The Kier molecular flexibility index (Phi) is 7.83. The van der Waals surface area contributed by atoms with Crippen molar-refractivity contribution in [1.82, 2.24) is 0 Å². The van der Waals surface area contributed by atoms with Crippen LogP contribution in [0, 0.1) is 11.6 Å². The lowest BCUT2D eigenvalue weighted by Gasteiger charge is -2.28. The molecule has 1 unspecified atom stereocenters. The molecule has 2 N–H and O–H groups in total. The van der Waals surface area contributed by atoms with Gasteiger partial charge in [-0.25, -0.2) is 13.6 Å². The number of hydrogen-bond acceptors (Lipinski definition) is 4. The first-order valence-corrected chi connectivity index (χ1v) is 9.78. The van der Waals surface area contributed by atoms with Gasteiger partial charge in [0.15, 0.2) is 5.78 Å². The van der Waals surface area contributed by atoms with Gasteiger partial charge in [0.05, 0.1) is 12.2 Å². The number of carbonyl (C=O) groups excluding carboxylic acids is 2. The number of Topliss-reactive ketones (excluding diaryl/α,β-unsaturated/α-hetero) is 1. The normalized spacial score (nSPS) is 13.0. The van der Waals surface area contributed by atoms with Crippen molar-refractivity contribution in [3.63, 3.8) is 0 Å². The van der Waals surface area contributed by atoms with E-state index in [-0.39, 0.29) is 19.4 Å². The van der Waals surface area contributed by atoms with Crippen LogP contribution in [0.4, 0.5) is 8.78 Å².